The first-order valence-electron chi connectivity index (χ1n) is 5.08. The summed E-state index contributed by atoms with van der Waals surface area (Å²) >= 11 is 0. The summed E-state index contributed by atoms with van der Waals surface area (Å²) in [6.07, 6.45) is 3.30. The van der Waals surface area contributed by atoms with E-state index in [-0.39, 0.29) is 17.0 Å². The number of aromatic nitrogens is 5. The SMILES string of the molecule is Nc1n[n+]([O-])c2cc(-c3cn[nH]c3)ccc2[n+]1[O-]. The molecule has 3 aromatic rings. The van der Waals surface area contributed by atoms with Crippen molar-refractivity contribution in [2.75, 3.05) is 5.73 Å². The minimum Gasteiger partial charge on any atom is -0.739 e. The van der Waals surface area contributed by atoms with Crippen LogP contribution in [0, 0.1) is 10.4 Å². The van der Waals surface area contributed by atoms with Gasteiger partial charge in [0.2, 0.25) is 5.10 Å². The fourth-order valence-electron chi connectivity index (χ4n) is 1.75. The first kappa shape index (κ1) is 10.3. The number of fused-ring (bicyclic) bond motifs is 1. The lowest BCUT2D eigenvalue weighted by Crippen LogP contribution is -2.44. The predicted octanol–water partition coefficient (Wildman–Crippen LogP) is -0.526. The second kappa shape index (κ2) is 3.55. The summed E-state index contributed by atoms with van der Waals surface area (Å²) in [6, 6.07) is 4.80. The van der Waals surface area contributed by atoms with E-state index in [9.17, 15) is 10.4 Å². The lowest BCUT2D eigenvalue weighted by molar-refractivity contribution is -0.671. The summed E-state index contributed by atoms with van der Waals surface area (Å²) in [7, 11) is 0. The molecular formula is C10H8N6O2. The van der Waals surface area contributed by atoms with E-state index in [1.165, 1.54) is 6.07 Å². The van der Waals surface area contributed by atoms with Crippen LogP contribution in [0.1, 0.15) is 0 Å². The monoisotopic (exact) mass is 244 g/mol. The molecule has 0 aliphatic heterocycles. The second-order valence-corrected chi connectivity index (χ2v) is 3.72. The molecule has 2 aromatic heterocycles. The molecule has 0 atom stereocenters. The average Bonchev–Trinajstić information content (AvgIpc) is 2.89. The van der Waals surface area contributed by atoms with Gasteiger partial charge >= 0.3 is 5.95 Å². The summed E-state index contributed by atoms with van der Waals surface area (Å²) in [5.41, 5.74) is 7.21. The first-order valence-corrected chi connectivity index (χ1v) is 5.08. The number of nitrogens with zero attached hydrogens (tertiary/aromatic N) is 4. The van der Waals surface area contributed by atoms with Gasteiger partial charge in [-0.1, -0.05) is 6.07 Å². The lowest BCUT2D eigenvalue weighted by atomic mass is 10.1. The Morgan fingerprint density at radius 3 is 2.72 bits per heavy atom. The highest BCUT2D eigenvalue weighted by Crippen LogP contribution is 2.20. The molecule has 3 rings (SSSR count). The summed E-state index contributed by atoms with van der Waals surface area (Å²) in [4.78, 5) is 0.336. The number of aromatic amines is 1. The Labute approximate surface area is 100 Å². The van der Waals surface area contributed by atoms with Crippen LogP contribution in [0.4, 0.5) is 5.95 Å². The van der Waals surface area contributed by atoms with Gasteiger partial charge in [-0.3, -0.25) is 10.8 Å². The molecule has 0 amide bonds. The molecule has 0 fully saturated rings. The molecule has 0 aliphatic carbocycles. The third-order valence-electron chi connectivity index (χ3n) is 2.63. The lowest BCUT2D eigenvalue weighted by Gasteiger charge is -2.07. The second-order valence-electron chi connectivity index (χ2n) is 3.72. The highest BCUT2D eigenvalue weighted by molar-refractivity contribution is 5.76. The van der Waals surface area contributed by atoms with E-state index >= 15 is 0 Å². The number of rotatable bonds is 1. The van der Waals surface area contributed by atoms with Crippen molar-refractivity contribution in [2.45, 2.75) is 0 Å². The van der Waals surface area contributed by atoms with Crippen molar-refractivity contribution in [3.05, 3.63) is 41.0 Å². The molecule has 0 aliphatic rings. The van der Waals surface area contributed by atoms with Crippen molar-refractivity contribution >= 4 is 17.0 Å². The molecule has 0 bridgehead atoms. The minimum atomic E-state index is -0.381. The van der Waals surface area contributed by atoms with E-state index in [0.29, 0.717) is 9.58 Å². The first-order chi connectivity index (χ1) is 8.66. The maximum Gasteiger partial charge on any atom is 0.458 e. The van der Waals surface area contributed by atoms with Crippen molar-refractivity contribution in [3.63, 3.8) is 0 Å². The molecule has 8 heteroatoms. The minimum absolute atomic E-state index is 0.151. The van der Waals surface area contributed by atoms with Crippen molar-refractivity contribution in [2.24, 2.45) is 0 Å². The number of nitrogen functional groups attached to an aromatic ring is 1. The van der Waals surface area contributed by atoms with E-state index in [1.807, 2.05) is 0 Å². The third-order valence-corrected chi connectivity index (χ3v) is 2.63. The van der Waals surface area contributed by atoms with Gasteiger partial charge in [0.15, 0.2) is 5.52 Å². The topological polar surface area (TPSA) is 121 Å². The van der Waals surface area contributed by atoms with Crippen LogP contribution in [-0.2, 0) is 0 Å². The highest BCUT2D eigenvalue weighted by Gasteiger charge is 2.17. The number of anilines is 1. The Hall–Kier alpha value is -2.90. The number of H-pyrrole nitrogens is 1. The van der Waals surface area contributed by atoms with Crippen LogP contribution in [0.15, 0.2) is 30.6 Å². The zero-order valence-corrected chi connectivity index (χ0v) is 9.07. The van der Waals surface area contributed by atoms with Gasteiger partial charge in [-0.05, 0) is 11.6 Å². The molecule has 18 heavy (non-hydrogen) atoms. The number of hydrogen-bond donors (Lipinski definition) is 2. The molecule has 90 valence electrons. The Morgan fingerprint density at radius 1 is 1.17 bits per heavy atom. The number of nitrogens with one attached hydrogen (secondary N) is 1. The largest absolute Gasteiger partial charge is 0.739 e. The molecule has 8 nitrogen and oxygen atoms in total. The Morgan fingerprint density at radius 2 is 2.00 bits per heavy atom. The van der Waals surface area contributed by atoms with Crippen LogP contribution in [0.5, 0.6) is 0 Å². The maximum absolute atomic E-state index is 11.6. The fraction of sp³-hybridized carbons (Fsp3) is 0. The van der Waals surface area contributed by atoms with E-state index < -0.39 is 0 Å². The molecule has 2 heterocycles. The van der Waals surface area contributed by atoms with E-state index in [1.54, 1.807) is 24.5 Å². The molecule has 3 N–H and O–H groups in total. The maximum atomic E-state index is 11.6. The normalized spacial score (nSPS) is 10.9. The standard InChI is InChI=1S/C10H8N6O2/c11-10-14-16(18)9-3-6(7-4-12-13-5-7)1-2-8(9)15(10)17/h1-5H,(H2,11,14)(H,12,13). The third kappa shape index (κ3) is 1.39. The van der Waals surface area contributed by atoms with Crippen LogP contribution >= 0.6 is 0 Å². The highest BCUT2D eigenvalue weighted by atomic mass is 16.5. The molecule has 0 spiro atoms. The van der Waals surface area contributed by atoms with E-state index in [2.05, 4.69) is 15.3 Å². The smallest absolute Gasteiger partial charge is 0.458 e. The Kier molecular flexibility index (Phi) is 2.03. The van der Waals surface area contributed by atoms with E-state index in [4.69, 9.17) is 5.73 Å². The van der Waals surface area contributed by atoms with Crippen molar-refractivity contribution in [3.8, 4) is 11.1 Å². The summed E-state index contributed by atoms with van der Waals surface area (Å²) in [5, 5.41) is 33.1. The zero-order chi connectivity index (χ0) is 12.7. The summed E-state index contributed by atoms with van der Waals surface area (Å²) in [6.45, 7) is 0. The quantitative estimate of drug-likeness (QED) is 0.440. The summed E-state index contributed by atoms with van der Waals surface area (Å²) in [5.74, 6) is -0.381. The van der Waals surface area contributed by atoms with Gasteiger partial charge in [-0.25, -0.2) is 4.73 Å². The number of benzene rings is 1. The van der Waals surface area contributed by atoms with E-state index in [0.717, 1.165) is 11.1 Å². The van der Waals surface area contributed by atoms with Crippen LogP contribution in [0.3, 0.4) is 0 Å². The Bertz CT molecular complexity index is 725. The number of hydrogen-bond acceptors (Lipinski definition) is 5. The van der Waals surface area contributed by atoms with Crippen molar-refractivity contribution < 1.29 is 9.58 Å². The van der Waals surface area contributed by atoms with Crippen LogP contribution in [0.2, 0.25) is 0 Å². The summed E-state index contributed by atoms with van der Waals surface area (Å²) < 4.78 is 0.420. The average molecular weight is 244 g/mol. The van der Waals surface area contributed by atoms with Gasteiger partial charge < -0.3 is 10.4 Å². The predicted molar refractivity (Wildman–Crippen MR) is 61.7 cm³/mol. The number of nitrogens with two attached hydrogens (primary N) is 1. The van der Waals surface area contributed by atoms with Gasteiger partial charge in [0, 0.05) is 22.7 Å². The molecule has 0 radical (unpaired) electrons. The van der Waals surface area contributed by atoms with Gasteiger partial charge in [-0.15, -0.1) is 0 Å². The Balaban J connectivity index is 2.31. The van der Waals surface area contributed by atoms with Gasteiger partial charge in [0.05, 0.1) is 6.20 Å². The van der Waals surface area contributed by atoms with Crippen molar-refractivity contribution in [1.82, 2.24) is 15.3 Å². The zero-order valence-electron chi connectivity index (χ0n) is 9.07. The van der Waals surface area contributed by atoms with Gasteiger partial charge in [-0.2, -0.15) is 5.10 Å². The molecule has 0 unspecified atom stereocenters. The fourth-order valence-corrected chi connectivity index (χ4v) is 1.75. The van der Waals surface area contributed by atoms with Crippen LogP contribution in [0.25, 0.3) is 22.2 Å². The van der Waals surface area contributed by atoms with Crippen LogP contribution in [-0.4, -0.2) is 15.3 Å². The molecular weight excluding hydrogens is 236 g/mol. The molecule has 1 aromatic carbocycles. The van der Waals surface area contributed by atoms with Gasteiger partial charge in [0.25, 0.3) is 5.52 Å². The van der Waals surface area contributed by atoms with Crippen LogP contribution < -0.4 is 15.3 Å². The van der Waals surface area contributed by atoms with Gasteiger partial charge in [0.1, 0.15) is 0 Å². The van der Waals surface area contributed by atoms with Crippen molar-refractivity contribution in [1.29, 1.82) is 0 Å². The molecule has 0 saturated heterocycles. The molecule has 0 saturated carbocycles.